The number of hydrogen-bond donors (Lipinski definition) is 0. The topological polar surface area (TPSA) is 15.6 Å². The second-order valence-electron chi connectivity index (χ2n) is 7.00. The second-order valence-corrected chi connectivity index (χ2v) is 7.00. The van der Waals surface area contributed by atoms with Crippen LogP contribution in [0.15, 0.2) is 35.4 Å². The maximum absolute atomic E-state index is 4.94. The number of benzene rings is 1. The molecule has 1 fully saturated rings. The maximum atomic E-state index is 4.94. The van der Waals surface area contributed by atoms with Gasteiger partial charge in [-0.2, -0.15) is 5.10 Å². The predicted molar refractivity (Wildman–Crippen MR) is 95.5 cm³/mol. The van der Waals surface area contributed by atoms with Crippen LogP contribution in [0.5, 0.6) is 0 Å². The van der Waals surface area contributed by atoms with Gasteiger partial charge in [-0.3, -0.25) is 5.01 Å². The zero-order chi connectivity index (χ0) is 15.2. The van der Waals surface area contributed by atoms with Crippen LogP contribution >= 0.6 is 0 Å². The highest BCUT2D eigenvalue weighted by atomic mass is 15.5. The van der Waals surface area contributed by atoms with E-state index in [2.05, 4.69) is 42.3 Å². The number of rotatable bonds is 1. The fourth-order valence-corrected chi connectivity index (χ4v) is 4.10. The highest BCUT2D eigenvalue weighted by Gasteiger charge is 2.34. The molecule has 0 N–H and O–H groups in total. The third-order valence-electron chi connectivity index (χ3n) is 5.37. The van der Waals surface area contributed by atoms with Gasteiger partial charge in [0, 0.05) is 11.6 Å². The van der Waals surface area contributed by atoms with Crippen molar-refractivity contribution in [1.82, 2.24) is 0 Å². The Morgan fingerprint density at radius 1 is 0.818 bits per heavy atom. The van der Waals surface area contributed by atoms with Gasteiger partial charge in [0.25, 0.3) is 0 Å². The van der Waals surface area contributed by atoms with Crippen LogP contribution in [0.3, 0.4) is 0 Å². The van der Waals surface area contributed by atoms with Gasteiger partial charge in [0.1, 0.15) is 0 Å². The Hall–Kier alpha value is -1.31. The normalized spacial score (nSPS) is 27.5. The summed E-state index contributed by atoms with van der Waals surface area (Å²) in [6, 6.07) is 11.3. The maximum Gasteiger partial charge on any atom is 0.0607 e. The molecule has 0 saturated heterocycles. The van der Waals surface area contributed by atoms with Crippen molar-refractivity contribution in [3.05, 3.63) is 30.3 Å². The molecule has 22 heavy (non-hydrogen) atoms. The molecule has 1 aliphatic carbocycles. The summed E-state index contributed by atoms with van der Waals surface area (Å²) in [6.45, 7) is 2.24. The zero-order valence-corrected chi connectivity index (χ0v) is 14.0. The van der Waals surface area contributed by atoms with Gasteiger partial charge in [0.2, 0.25) is 0 Å². The van der Waals surface area contributed by atoms with E-state index < -0.39 is 0 Å². The van der Waals surface area contributed by atoms with E-state index >= 15 is 0 Å². The lowest BCUT2D eigenvalue weighted by Gasteiger charge is -2.28. The summed E-state index contributed by atoms with van der Waals surface area (Å²) in [5.41, 5.74) is 2.62. The van der Waals surface area contributed by atoms with Crippen LogP contribution in [0.4, 0.5) is 5.69 Å². The molecule has 3 rings (SSSR count). The molecule has 2 aliphatic rings. The van der Waals surface area contributed by atoms with Crippen molar-refractivity contribution in [1.29, 1.82) is 0 Å². The molecular weight excluding hydrogens is 268 g/mol. The van der Waals surface area contributed by atoms with E-state index in [1.54, 1.807) is 0 Å². The van der Waals surface area contributed by atoms with Crippen LogP contribution in [0, 0.1) is 5.92 Å². The van der Waals surface area contributed by atoms with E-state index in [1.165, 1.54) is 75.6 Å². The van der Waals surface area contributed by atoms with E-state index in [4.69, 9.17) is 5.10 Å². The molecule has 1 aliphatic heterocycles. The van der Waals surface area contributed by atoms with E-state index in [0.717, 1.165) is 0 Å². The van der Waals surface area contributed by atoms with Crippen LogP contribution in [0.1, 0.15) is 71.1 Å². The Bertz CT molecular complexity index is 480. The van der Waals surface area contributed by atoms with Crippen molar-refractivity contribution >= 4 is 11.4 Å². The highest BCUT2D eigenvalue weighted by Crippen LogP contribution is 2.34. The van der Waals surface area contributed by atoms with Crippen molar-refractivity contribution in [3.8, 4) is 0 Å². The van der Waals surface area contributed by atoms with Crippen molar-refractivity contribution in [3.63, 3.8) is 0 Å². The van der Waals surface area contributed by atoms with Crippen molar-refractivity contribution in [2.24, 2.45) is 11.0 Å². The van der Waals surface area contributed by atoms with Crippen LogP contribution in [0.25, 0.3) is 0 Å². The summed E-state index contributed by atoms with van der Waals surface area (Å²) in [5.74, 6) is 0.666. The van der Waals surface area contributed by atoms with E-state index in [1.807, 2.05) is 0 Å². The fourth-order valence-electron chi connectivity index (χ4n) is 4.10. The summed E-state index contributed by atoms with van der Waals surface area (Å²) in [7, 11) is 0. The Balaban J connectivity index is 1.75. The lowest BCUT2D eigenvalue weighted by molar-refractivity contribution is 0.418. The number of hydrazone groups is 1. The van der Waals surface area contributed by atoms with Gasteiger partial charge >= 0.3 is 0 Å². The number of anilines is 1. The minimum Gasteiger partial charge on any atom is -0.262 e. The van der Waals surface area contributed by atoms with E-state index in [9.17, 15) is 0 Å². The zero-order valence-electron chi connectivity index (χ0n) is 14.0. The van der Waals surface area contributed by atoms with Crippen molar-refractivity contribution < 1.29 is 0 Å². The molecule has 2 unspecified atom stereocenters. The molecule has 2 heteroatoms. The Morgan fingerprint density at radius 2 is 1.41 bits per heavy atom. The molecule has 0 amide bonds. The van der Waals surface area contributed by atoms with Crippen LogP contribution in [-0.2, 0) is 0 Å². The van der Waals surface area contributed by atoms with Gasteiger partial charge in [0.05, 0.1) is 11.7 Å². The van der Waals surface area contributed by atoms with Gasteiger partial charge in [-0.25, -0.2) is 0 Å². The van der Waals surface area contributed by atoms with Crippen molar-refractivity contribution in [2.45, 2.75) is 77.2 Å². The molecule has 0 aromatic heterocycles. The SMILES string of the molecule is CC1=NN(c2ccccc2)C2CCCCCCCCCCC12. The van der Waals surface area contributed by atoms with Crippen LogP contribution in [-0.4, -0.2) is 11.8 Å². The number of fused-ring (bicyclic) bond motifs is 1. The predicted octanol–water partition coefficient (Wildman–Crippen LogP) is 5.78. The molecule has 1 heterocycles. The number of nitrogens with zero attached hydrogens (tertiary/aromatic N) is 2. The van der Waals surface area contributed by atoms with Crippen LogP contribution < -0.4 is 5.01 Å². The molecule has 2 nitrogen and oxygen atoms in total. The Morgan fingerprint density at radius 3 is 2.09 bits per heavy atom. The lowest BCUT2D eigenvalue weighted by atomic mass is 9.86. The van der Waals surface area contributed by atoms with E-state index in [0.29, 0.717) is 12.0 Å². The number of para-hydroxylation sites is 1. The molecule has 120 valence electrons. The first kappa shape index (κ1) is 15.6. The van der Waals surface area contributed by atoms with Gasteiger partial charge < -0.3 is 0 Å². The van der Waals surface area contributed by atoms with Gasteiger partial charge in [-0.1, -0.05) is 69.6 Å². The summed E-state index contributed by atoms with van der Waals surface area (Å²) in [4.78, 5) is 0. The quantitative estimate of drug-likeness (QED) is 0.641. The Kier molecular flexibility index (Phi) is 5.53. The molecule has 0 bridgehead atoms. The standard InChI is InChI=1S/C20H30N2/c1-17-19-15-11-6-4-2-3-5-7-12-16-20(19)22(21-17)18-13-9-8-10-14-18/h8-10,13-14,19-20H,2-7,11-12,15-16H2,1H3. The summed E-state index contributed by atoms with van der Waals surface area (Å²) >= 11 is 0. The molecular formula is C20H30N2. The van der Waals surface area contributed by atoms with Gasteiger partial charge in [-0.05, 0) is 31.9 Å². The van der Waals surface area contributed by atoms with E-state index in [-0.39, 0.29) is 0 Å². The third kappa shape index (κ3) is 3.71. The summed E-state index contributed by atoms with van der Waals surface area (Å²) in [5, 5.41) is 7.27. The summed E-state index contributed by atoms with van der Waals surface area (Å²) in [6.07, 6.45) is 13.9. The molecule has 0 radical (unpaired) electrons. The highest BCUT2D eigenvalue weighted by molar-refractivity contribution is 5.88. The molecule has 1 aromatic rings. The monoisotopic (exact) mass is 298 g/mol. The van der Waals surface area contributed by atoms with Crippen LogP contribution in [0.2, 0.25) is 0 Å². The first-order valence-electron chi connectivity index (χ1n) is 9.25. The Labute approximate surface area is 135 Å². The molecule has 1 aromatic carbocycles. The van der Waals surface area contributed by atoms with Gasteiger partial charge in [0.15, 0.2) is 0 Å². The molecule has 0 spiro atoms. The van der Waals surface area contributed by atoms with Crippen molar-refractivity contribution in [2.75, 3.05) is 5.01 Å². The third-order valence-corrected chi connectivity index (χ3v) is 5.37. The second kappa shape index (κ2) is 7.80. The minimum atomic E-state index is 0.585. The summed E-state index contributed by atoms with van der Waals surface area (Å²) < 4.78 is 0. The fraction of sp³-hybridized carbons (Fsp3) is 0.650. The first-order valence-corrected chi connectivity index (χ1v) is 9.25. The molecule has 2 atom stereocenters. The average molecular weight is 298 g/mol. The average Bonchev–Trinajstić information content (AvgIpc) is 2.84. The first-order chi connectivity index (χ1) is 10.9. The van der Waals surface area contributed by atoms with Gasteiger partial charge in [-0.15, -0.1) is 0 Å². The molecule has 1 saturated carbocycles. The number of hydrogen-bond acceptors (Lipinski definition) is 2. The smallest absolute Gasteiger partial charge is 0.0607 e. The minimum absolute atomic E-state index is 0.585. The lowest BCUT2D eigenvalue weighted by Crippen LogP contribution is -2.33. The largest absolute Gasteiger partial charge is 0.262 e.